The zero-order chi connectivity index (χ0) is 26.7. The molecule has 11 nitrogen and oxygen atoms in total. The normalized spacial score (nSPS) is 22.4. The number of carboxylic acids is 1. The standard InChI is InChI=1S/C24H23N3O8S2/c1-36-12-24(23(32)35-10-14-6-8-15(9-7-14)27(33)34)11-26-20(29)18(21(26)37-13-24)25-19(28)16-4-2-3-5-17(16)22(30)31/h2-9,18,21H,10-13H2,1H3,(H,25,28)(H,30,31)/t18?,21-,24?/m1/s1. The van der Waals surface area contributed by atoms with E-state index in [-0.39, 0.29) is 41.2 Å². The monoisotopic (exact) mass is 545 g/mol. The molecule has 2 aromatic carbocycles. The van der Waals surface area contributed by atoms with E-state index in [4.69, 9.17) is 4.74 Å². The summed E-state index contributed by atoms with van der Waals surface area (Å²) in [7, 11) is 0. The van der Waals surface area contributed by atoms with Crippen LogP contribution in [0, 0.1) is 15.5 Å². The molecule has 2 aromatic rings. The van der Waals surface area contributed by atoms with Gasteiger partial charge in [0.05, 0.1) is 16.1 Å². The highest BCUT2D eigenvalue weighted by Gasteiger charge is 2.57. The average molecular weight is 546 g/mol. The Hall–Kier alpha value is -3.58. The molecule has 2 amide bonds. The summed E-state index contributed by atoms with van der Waals surface area (Å²) >= 11 is 2.81. The summed E-state index contributed by atoms with van der Waals surface area (Å²) in [5, 5.41) is 22.4. The van der Waals surface area contributed by atoms with Crippen molar-refractivity contribution >= 4 is 53.0 Å². The van der Waals surface area contributed by atoms with E-state index in [1.165, 1.54) is 70.9 Å². The maximum atomic E-state index is 13.2. The van der Waals surface area contributed by atoms with Crippen LogP contribution >= 0.6 is 23.5 Å². The number of hydrogen-bond acceptors (Lipinski definition) is 9. The van der Waals surface area contributed by atoms with Gasteiger partial charge in [-0.1, -0.05) is 12.1 Å². The molecule has 37 heavy (non-hydrogen) atoms. The molecule has 194 valence electrons. The first-order chi connectivity index (χ1) is 17.7. The second-order valence-electron chi connectivity index (χ2n) is 8.68. The van der Waals surface area contributed by atoms with Crippen LogP contribution in [-0.2, 0) is 20.9 Å². The number of ether oxygens (including phenoxy) is 1. The fraction of sp³-hybridized carbons (Fsp3) is 0.333. The molecular weight excluding hydrogens is 522 g/mol. The first kappa shape index (κ1) is 26.5. The minimum atomic E-state index is -1.24. The summed E-state index contributed by atoms with van der Waals surface area (Å²) in [5.41, 5.74) is -0.609. The molecule has 0 spiro atoms. The van der Waals surface area contributed by atoms with Gasteiger partial charge in [0.25, 0.3) is 11.6 Å². The average Bonchev–Trinajstić information content (AvgIpc) is 2.90. The Morgan fingerprint density at radius 3 is 2.51 bits per heavy atom. The minimum Gasteiger partial charge on any atom is -0.478 e. The highest BCUT2D eigenvalue weighted by molar-refractivity contribution is 8.00. The molecule has 2 saturated heterocycles. The largest absolute Gasteiger partial charge is 0.478 e. The number of non-ortho nitro benzene ring substituents is 1. The molecule has 2 heterocycles. The van der Waals surface area contributed by atoms with Gasteiger partial charge in [-0.3, -0.25) is 24.5 Å². The van der Waals surface area contributed by atoms with E-state index in [9.17, 15) is 34.4 Å². The van der Waals surface area contributed by atoms with Crippen molar-refractivity contribution in [2.24, 2.45) is 5.41 Å². The smallest absolute Gasteiger partial charge is 0.336 e. The predicted molar refractivity (Wildman–Crippen MR) is 136 cm³/mol. The quantitative estimate of drug-likeness (QED) is 0.208. The van der Waals surface area contributed by atoms with Crippen molar-refractivity contribution in [1.82, 2.24) is 10.2 Å². The van der Waals surface area contributed by atoms with E-state index in [1.54, 1.807) is 6.07 Å². The van der Waals surface area contributed by atoms with Gasteiger partial charge in [-0.05, 0) is 36.1 Å². The van der Waals surface area contributed by atoms with Crippen LogP contribution in [0.1, 0.15) is 26.3 Å². The number of carboxylic acid groups (broad SMARTS) is 1. The van der Waals surface area contributed by atoms with Gasteiger partial charge in [0, 0.05) is 30.2 Å². The number of carbonyl (C=O) groups is 4. The van der Waals surface area contributed by atoms with Crippen LogP contribution in [0.3, 0.4) is 0 Å². The number of amides is 2. The van der Waals surface area contributed by atoms with Gasteiger partial charge in [0.1, 0.15) is 23.4 Å². The maximum absolute atomic E-state index is 13.2. The molecule has 0 aliphatic carbocycles. The molecule has 13 heteroatoms. The third-order valence-electron chi connectivity index (χ3n) is 6.20. The number of aromatic carboxylic acids is 1. The molecule has 2 unspecified atom stereocenters. The zero-order valence-corrected chi connectivity index (χ0v) is 21.3. The lowest BCUT2D eigenvalue weighted by atomic mass is 9.89. The van der Waals surface area contributed by atoms with Crippen LogP contribution in [-0.4, -0.2) is 74.4 Å². The maximum Gasteiger partial charge on any atom is 0.336 e. The highest BCUT2D eigenvalue weighted by Crippen LogP contribution is 2.44. The molecule has 4 rings (SSSR count). The summed E-state index contributed by atoms with van der Waals surface area (Å²) in [6.07, 6.45) is 1.85. The molecule has 2 aliphatic rings. The Kier molecular flexibility index (Phi) is 7.73. The van der Waals surface area contributed by atoms with Crippen molar-refractivity contribution in [2.75, 3.05) is 24.3 Å². The Balaban J connectivity index is 1.40. The molecule has 3 atom stereocenters. The van der Waals surface area contributed by atoms with Gasteiger partial charge in [0.2, 0.25) is 5.91 Å². The molecule has 0 aromatic heterocycles. The van der Waals surface area contributed by atoms with Crippen molar-refractivity contribution in [1.29, 1.82) is 0 Å². The summed E-state index contributed by atoms with van der Waals surface area (Å²) in [6, 6.07) is 10.7. The Labute approximate surface area is 220 Å². The second kappa shape index (κ2) is 10.8. The number of esters is 1. The van der Waals surface area contributed by atoms with Crippen LogP contribution in [0.2, 0.25) is 0 Å². The van der Waals surface area contributed by atoms with Crippen LogP contribution in [0.4, 0.5) is 5.69 Å². The SMILES string of the molecule is CSCC1(C(=O)OCc2ccc([N+](=O)[O-])cc2)CS[C@@H]2C(NC(=O)c3ccccc3C(=O)O)C(=O)N2C1. The number of β-lactam (4-membered cyclic amide) rings is 1. The Morgan fingerprint density at radius 1 is 1.22 bits per heavy atom. The number of carbonyl (C=O) groups excluding carboxylic acids is 3. The summed E-state index contributed by atoms with van der Waals surface area (Å²) in [6.45, 7) is 0.0676. The van der Waals surface area contributed by atoms with Crippen molar-refractivity contribution in [3.05, 3.63) is 75.3 Å². The van der Waals surface area contributed by atoms with E-state index in [0.29, 0.717) is 17.1 Å². The van der Waals surface area contributed by atoms with Crippen molar-refractivity contribution in [3.63, 3.8) is 0 Å². The number of nitrogens with zero attached hydrogens (tertiary/aromatic N) is 2. The van der Waals surface area contributed by atoms with E-state index in [2.05, 4.69) is 5.32 Å². The van der Waals surface area contributed by atoms with Gasteiger partial charge in [-0.15, -0.1) is 11.8 Å². The number of nitro groups is 1. The first-order valence-corrected chi connectivity index (χ1v) is 13.6. The van der Waals surface area contributed by atoms with Crippen LogP contribution in [0.25, 0.3) is 0 Å². The molecule has 0 bridgehead atoms. The number of thioether (sulfide) groups is 2. The van der Waals surface area contributed by atoms with Crippen molar-refractivity contribution < 1.29 is 33.9 Å². The fourth-order valence-corrected chi connectivity index (χ4v) is 6.81. The third-order valence-corrected chi connectivity index (χ3v) is 8.63. The van der Waals surface area contributed by atoms with Crippen LogP contribution in [0.15, 0.2) is 48.5 Å². The summed E-state index contributed by atoms with van der Waals surface area (Å²) in [5.74, 6) is -1.94. The third kappa shape index (κ3) is 5.27. The second-order valence-corrected chi connectivity index (χ2v) is 10.7. The summed E-state index contributed by atoms with van der Waals surface area (Å²) in [4.78, 5) is 62.1. The van der Waals surface area contributed by atoms with Gasteiger partial charge in [0.15, 0.2) is 0 Å². The van der Waals surface area contributed by atoms with Crippen molar-refractivity contribution in [2.45, 2.75) is 18.0 Å². The number of rotatable bonds is 9. The molecular formula is C24H23N3O8S2. The van der Waals surface area contributed by atoms with Gasteiger partial charge in [-0.25, -0.2) is 4.79 Å². The molecule has 0 saturated carbocycles. The molecule has 2 aliphatic heterocycles. The highest BCUT2D eigenvalue weighted by atomic mass is 32.2. The Morgan fingerprint density at radius 2 is 1.89 bits per heavy atom. The zero-order valence-electron chi connectivity index (χ0n) is 19.6. The van der Waals surface area contributed by atoms with E-state index in [0.717, 1.165) is 0 Å². The van der Waals surface area contributed by atoms with Gasteiger partial charge < -0.3 is 20.1 Å². The van der Waals surface area contributed by atoms with Crippen LogP contribution in [0.5, 0.6) is 0 Å². The minimum absolute atomic E-state index is 0.0337. The molecule has 2 fully saturated rings. The van der Waals surface area contributed by atoms with E-state index < -0.39 is 34.2 Å². The molecule has 0 radical (unpaired) electrons. The predicted octanol–water partition coefficient (Wildman–Crippen LogP) is 2.40. The van der Waals surface area contributed by atoms with Crippen molar-refractivity contribution in [3.8, 4) is 0 Å². The van der Waals surface area contributed by atoms with Crippen LogP contribution < -0.4 is 5.32 Å². The fourth-order valence-electron chi connectivity index (χ4n) is 4.28. The first-order valence-electron chi connectivity index (χ1n) is 11.1. The Bertz CT molecular complexity index is 1250. The summed E-state index contributed by atoms with van der Waals surface area (Å²) < 4.78 is 5.55. The molecule has 2 N–H and O–H groups in total. The lowest BCUT2D eigenvalue weighted by Crippen LogP contribution is -2.74. The van der Waals surface area contributed by atoms with Gasteiger partial charge in [-0.2, -0.15) is 11.8 Å². The number of nitro benzene ring substituents is 1. The number of nitrogens with one attached hydrogen (secondary N) is 1. The van der Waals surface area contributed by atoms with E-state index in [1.807, 2.05) is 6.26 Å². The lowest BCUT2D eigenvalue weighted by Gasteiger charge is -2.54. The lowest BCUT2D eigenvalue weighted by molar-refractivity contribution is -0.384. The van der Waals surface area contributed by atoms with E-state index >= 15 is 0 Å². The van der Waals surface area contributed by atoms with Gasteiger partial charge >= 0.3 is 11.9 Å². The number of benzene rings is 2. The topological polar surface area (TPSA) is 156 Å². The number of hydrogen-bond donors (Lipinski definition) is 2. The number of fused-ring (bicyclic) bond motifs is 1.